The van der Waals surface area contributed by atoms with Gasteiger partial charge in [-0.05, 0) is 145 Å². The van der Waals surface area contributed by atoms with E-state index in [1.165, 1.54) is 143 Å². The minimum atomic E-state index is 0.253. The second kappa shape index (κ2) is 17.9. The zero-order chi connectivity index (χ0) is 57.3. The molecule has 0 radical (unpaired) electrons. The Labute approximate surface area is 502 Å². The number of hydrogen-bond acceptors (Lipinski definition) is 2. The number of fused-ring (bicyclic) bond motifs is 24. The summed E-state index contributed by atoms with van der Waals surface area (Å²) in [6, 6.07) is 89.5. The smallest absolute Gasteiger partial charge is 0.247 e. The first-order valence-electron chi connectivity index (χ1n) is 30.0. The van der Waals surface area contributed by atoms with Crippen molar-refractivity contribution >= 4 is 140 Å². The number of nitriles is 2. The molecular formula is C78H45B3N6. The Kier molecular flexibility index (Phi) is 9.88. The second-order valence-corrected chi connectivity index (χ2v) is 24.2. The quantitative estimate of drug-likeness (QED) is 0.112. The van der Waals surface area contributed by atoms with Crippen LogP contribution in [0.5, 0.6) is 0 Å². The maximum absolute atomic E-state index is 9.48. The molecule has 3 aromatic heterocycles. The van der Waals surface area contributed by atoms with Crippen LogP contribution in [-0.4, -0.2) is 33.8 Å². The van der Waals surface area contributed by atoms with Gasteiger partial charge in [-0.2, -0.15) is 10.5 Å². The van der Waals surface area contributed by atoms with Gasteiger partial charge in [-0.3, -0.25) is 0 Å². The van der Waals surface area contributed by atoms with Crippen LogP contribution in [0.15, 0.2) is 237 Å². The van der Waals surface area contributed by atoms with Crippen molar-refractivity contribution in [1.82, 2.24) is 13.7 Å². The number of nitrogens with zero attached hydrogens (tertiary/aromatic N) is 6. The zero-order valence-corrected chi connectivity index (χ0v) is 47.1. The van der Waals surface area contributed by atoms with Gasteiger partial charge in [0.2, 0.25) is 20.1 Å². The Morgan fingerprint density at radius 2 is 0.736 bits per heavy atom. The molecule has 21 rings (SSSR count). The van der Waals surface area contributed by atoms with E-state index in [0.717, 1.165) is 46.8 Å². The maximum Gasteiger partial charge on any atom is 0.247 e. The molecule has 0 saturated carbocycles. The molecule has 6 aliphatic rings. The number of benzene rings is 12. The van der Waals surface area contributed by atoms with Crippen molar-refractivity contribution in [1.29, 1.82) is 10.5 Å². The second-order valence-electron chi connectivity index (χ2n) is 24.2. The molecule has 0 aliphatic carbocycles. The number of rotatable bonds is 0. The number of aromatic nitrogens is 3. The first-order chi connectivity index (χ1) is 43.1. The molecule has 0 atom stereocenters. The SMILES string of the molecule is N#Cc1ccc2c(c1)c1ccc3c4c1n2-c1ccccc1B4c1ccccc1C3.N#Cc1ccc2c3ccc4c5c3n(c2c1)-c1ccccc1B5c1ccccc1C4.[C-]#[N+]c1cccc2c1c1ccc3c4c1n2-c1ccccc1B4c1ccccc1C3. The van der Waals surface area contributed by atoms with Gasteiger partial charge in [0.05, 0.1) is 40.9 Å². The summed E-state index contributed by atoms with van der Waals surface area (Å²) in [6.07, 6.45) is 2.92. The first kappa shape index (κ1) is 48.1. The molecule has 0 spiro atoms. The van der Waals surface area contributed by atoms with Crippen molar-refractivity contribution in [2.75, 3.05) is 0 Å². The monoisotopic (exact) mass is 1100 g/mol. The molecule has 12 aromatic carbocycles. The average Bonchev–Trinajstić information content (AvgIpc) is 1.66. The third kappa shape index (κ3) is 6.44. The van der Waals surface area contributed by atoms with Gasteiger partial charge in [-0.25, -0.2) is 4.85 Å². The fourth-order valence-corrected chi connectivity index (χ4v) is 16.8. The summed E-state index contributed by atoms with van der Waals surface area (Å²) < 4.78 is 7.21. The van der Waals surface area contributed by atoms with Crippen molar-refractivity contribution in [2.24, 2.45) is 0 Å². The van der Waals surface area contributed by atoms with E-state index < -0.39 is 0 Å². The standard InChI is InChI=1S/3C26H15BN2/c1-28-21-10-6-12-23-24(21)18-14-13-17-15-16-7-2-3-8-19(16)27-20-9-4-5-11-22(20)29(23)26(18)25(17)27;28-15-16-9-12-23-20(13-16)19-11-10-18-14-17-5-1-2-6-21(17)27-22-7-3-4-8-24(22)29(23)26(19)25(18)27;28-15-16-9-11-19-20-12-10-18-14-17-5-1-2-6-21(17)27-22-7-3-4-8-23(22)29(24(19)13-16)26(20)25(18)27/h2-14H,15H2;2*1-13H,14H2. The lowest BCUT2D eigenvalue weighted by atomic mass is 9.32. The lowest BCUT2D eigenvalue weighted by Gasteiger charge is -2.33. The van der Waals surface area contributed by atoms with E-state index in [4.69, 9.17) is 6.57 Å². The molecule has 0 bridgehead atoms. The molecule has 9 heterocycles. The van der Waals surface area contributed by atoms with E-state index in [9.17, 15) is 10.5 Å². The third-order valence-corrected chi connectivity index (χ3v) is 20.1. The number of hydrogen-bond donors (Lipinski definition) is 0. The van der Waals surface area contributed by atoms with Crippen LogP contribution in [-0.2, 0) is 19.3 Å². The van der Waals surface area contributed by atoms with Crippen molar-refractivity contribution in [3.63, 3.8) is 0 Å². The third-order valence-electron chi connectivity index (χ3n) is 20.1. The molecule has 0 amide bonds. The molecule has 0 fully saturated rings. The van der Waals surface area contributed by atoms with Crippen LogP contribution in [0.1, 0.15) is 44.5 Å². The summed E-state index contributed by atoms with van der Waals surface area (Å²) in [5, 5.41) is 26.1. The first-order valence-corrected chi connectivity index (χ1v) is 30.0. The normalized spacial score (nSPS) is 13.3. The Morgan fingerprint density at radius 3 is 1.24 bits per heavy atom. The Bertz CT molecular complexity index is 5680. The highest BCUT2D eigenvalue weighted by atomic mass is 15.0. The predicted molar refractivity (Wildman–Crippen MR) is 360 cm³/mol. The maximum atomic E-state index is 9.48. The molecule has 87 heavy (non-hydrogen) atoms. The average molecular weight is 1100 g/mol. The van der Waals surface area contributed by atoms with Gasteiger partial charge < -0.3 is 13.7 Å². The van der Waals surface area contributed by atoms with Gasteiger partial charge in [0.1, 0.15) is 0 Å². The summed E-state index contributed by atoms with van der Waals surface area (Å²) in [5.74, 6) is 0. The van der Waals surface area contributed by atoms with E-state index in [2.05, 4.69) is 231 Å². The van der Waals surface area contributed by atoms with Crippen molar-refractivity contribution in [3.8, 4) is 29.2 Å². The van der Waals surface area contributed by atoms with E-state index in [0.29, 0.717) is 11.1 Å². The van der Waals surface area contributed by atoms with Gasteiger partial charge >= 0.3 is 0 Å². The summed E-state index contributed by atoms with van der Waals surface area (Å²) in [4.78, 5) is 3.85. The zero-order valence-electron chi connectivity index (χ0n) is 47.1. The van der Waals surface area contributed by atoms with Crippen LogP contribution in [0.25, 0.3) is 87.3 Å². The Balaban J connectivity index is 0.0000000950. The van der Waals surface area contributed by atoms with Gasteiger partial charge in [0.15, 0.2) is 5.69 Å². The van der Waals surface area contributed by atoms with Crippen molar-refractivity contribution in [3.05, 3.63) is 293 Å². The molecule has 15 aromatic rings. The lowest BCUT2D eigenvalue weighted by molar-refractivity contribution is 1.16. The Hall–Kier alpha value is -11.3. The number of para-hydroxylation sites is 3. The van der Waals surface area contributed by atoms with E-state index in [1.807, 2.05) is 36.4 Å². The minimum Gasteiger partial charge on any atom is -0.312 e. The summed E-state index contributed by atoms with van der Waals surface area (Å²) in [6.45, 7) is 8.51. The molecule has 0 saturated heterocycles. The van der Waals surface area contributed by atoms with Crippen molar-refractivity contribution < 1.29 is 0 Å². The van der Waals surface area contributed by atoms with Crippen LogP contribution in [0.3, 0.4) is 0 Å². The van der Waals surface area contributed by atoms with Gasteiger partial charge in [0, 0.05) is 66.1 Å². The van der Waals surface area contributed by atoms with Crippen LogP contribution in [0, 0.1) is 29.2 Å². The highest BCUT2D eigenvalue weighted by Gasteiger charge is 2.42. The largest absolute Gasteiger partial charge is 0.312 e. The molecule has 6 nitrogen and oxygen atoms in total. The van der Waals surface area contributed by atoms with E-state index in [-0.39, 0.29) is 20.1 Å². The summed E-state index contributed by atoms with van der Waals surface area (Å²) in [7, 11) is 0. The topological polar surface area (TPSA) is 66.7 Å². The van der Waals surface area contributed by atoms with Gasteiger partial charge in [-0.1, -0.05) is 198 Å². The van der Waals surface area contributed by atoms with Crippen molar-refractivity contribution in [2.45, 2.75) is 19.3 Å². The van der Waals surface area contributed by atoms with Crippen LogP contribution in [0.2, 0.25) is 0 Å². The van der Waals surface area contributed by atoms with E-state index >= 15 is 0 Å². The molecule has 0 unspecified atom stereocenters. The Morgan fingerprint density at radius 1 is 0.333 bits per heavy atom. The highest BCUT2D eigenvalue weighted by molar-refractivity contribution is 7.00. The van der Waals surface area contributed by atoms with Gasteiger partial charge in [0.25, 0.3) is 0 Å². The van der Waals surface area contributed by atoms with Crippen LogP contribution in [0.4, 0.5) is 5.69 Å². The predicted octanol–water partition coefficient (Wildman–Crippen LogP) is 10.8. The fraction of sp³-hybridized carbons (Fsp3) is 0.0385. The molecule has 6 aliphatic heterocycles. The van der Waals surface area contributed by atoms with E-state index in [1.54, 1.807) is 0 Å². The van der Waals surface area contributed by atoms with Gasteiger partial charge in [-0.15, -0.1) is 0 Å². The summed E-state index contributed by atoms with van der Waals surface area (Å²) >= 11 is 0. The summed E-state index contributed by atoms with van der Waals surface area (Å²) in [5.41, 5.74) is 34.4. The van der Waals surface area contributed by atoms with Crippen LogP contribution >= 0.6 is 0 Å². The molecular weight excluding hydrogens is 1050 g/mol. The molecule has 0 N–H and O–H groups in total. The highest BCUT2D eigenvalue weighted by Crippen LogP contribution is 2.41. The lowest BCUT2D eigenvalue weighted by Crippen LogP contribution is -2.60. The minimum absolute atomic E-state index is 0.253. The fourth-order valence-electron chi connectivity index (χ4n) is 16.8. The van der Waals surface area contributed by atoms with Crippen LogP contribution < -0.4 is 49.2 Å². The molecule has 9 heteroatoms. The molecule has 396 valence electrons.